The molecule has 0 saturated heterocycles. The fourth-order valence-corrected chi connectivity index (χ4v) is 3.27. The number of halogens is 3. The van der Waals surface area contributed by atoms with Crippen molar-refractivity contribution in [1.82, 2.24) is 0 Å². The van der Waals surface area contributed by atoms with E-state index in [0.29, 0.717) is 16.8 Å². The monoisotopic (exact) mass is 347 g/mol. The van der Waals surface area contributed by atoms with Gasteiger partial charge in [0, 0.05) is 11.6 Å². The smallest absolute Gasteiger partial charge is 0.326 e. The zero-order chi connectivity index (χ0) is 18.0. The topological polar surface area (TPSA) is 29.1 Å². The molecule has 1 aliphatic carbocycles. The molecule has 1 N–H and O–H groups in total. The molecule has 2 aromatic carbocycles. The fourth-order valence-electron chi connectivity index (χ4n) is 3.27. The third kappa shape index (κ3) is 4.03. The van der Waals surface area contributed by atoms with E-state index in [2.05, 4.69) is 5.32 Å². The van der Waals surface area contributed by atoms with Crippen molar-refractivity contribution >= 4 is 11.6 Å². The Kier molecular flexibility index (Phi) is 4.84. The highest BCUT2D eigenvalue weighted by atomic mass is 19.4. The lowest BCUT2D eigenvalue weighted by Gasteiger charge is -2.13. The van der Waals surface area contributed by atoms with Crippen LogP contribution < -0.4 is 5.32 Å². The number of anilines is 1. The number of carbonyl (C=O) groups excluding carboxylic acids is 1. The molecule has 0 heterocycles. The van der Waals surface area contributed by atoms with Crippen LogP contribution in [0.5, 0.6) is 0 Å². The number of alkyl halides is 3. The second-order valence-corrected chi connectivity index (χ2v) is 6.58. The molecule has 0 aromatic heterocycles. The Morgan fingerprint density at radius 3 is 2.28 bits per heavy atom. The molecule has 0 spiro atoms. The van der Waals surface area contributed by atoms with Crippen LogP contribution in [-0.4, -0.2) is 5.91 Å². The van der Waals surface area contributed by atoms with Crippen LogP contribution in [0.25, 0.3) is 11.1 Å². The summed E-state index contributed by atoms with van der Waals surface area (Å²) >= 11 is 0. The standard InChI is InChI=1S/C20H20F3NO/c1-13-6-9-16(20(21,22)23)12-18(13)14-7-10-17(11-8-14)24-19(25)15-4-2-3-5-15/h6-12,15H,2-5H2,1H3,(H,24,25). The quantitative estimate of drug-likeness (QED) is 0.746. The van der Waals surface area contributed by atoms with Gasteiger partial charge in [0.15, 0.2) is 0 Å². The summed E-state index contributed by atoms with van der Waals surface area (Å²) in [6.45, 7) is 1.78. The number of benzene rings is 2. The van der Waals surface area contributed by atoms with Gasteiger partial charge in [0.25, 0.3) is 0 Å². The predicted octanol–water partition coefficient (Wildman–Crippen LogP) is 5.81. The van der Waals surface area contributed by atoms with Crippen molar-refractivity contribution in [1.29, 1.82) is 0 Å². The molecule has 25 heavy (non-hydrogen) atoms. The van der Waals surface area contributed by atoms with Gasteiger partial charge >= 0.3 is 6.18 Å². The van der Waals surface area contributed by atoms with Crippen molar-refractivity contribution in [3.8, 4) is 11.1 Å². The summed E-state index contributed by atoms with van der Waals surface area (Å²) in [5.41, 5.74) is 2.03. The zero-order valence-corrected chi connectivity index (χ0v) is 14.0. The van der Waals surface area contributed by atoms with Crippen LogP contribution >= 0.6 is 0 Å². The molecule has 0 radical (unpaired) electrons. The molecule has 0 atom stereocenters. The van der Waals surface area contributed by atoms with E-state index in [1.165, 1.54) is 12.1 Å². The lowest BCUT2D eigenvalue weighted by Crippen LogP contribution is -2.20. The second-order valence-electron chi connectivity index (χ2n) is 6.58. The van der Waals surface area contributed by atoms with Crippen molar-refractivity contribution in [2.45, 2.75) is 38.8 Å². The van der Waals surface area contributed by atoms with Gasteiger partial charge in [-0.3, -0.25) is 4.79 Å². The maximum absolute atomic E-state index is 12.9. The van der Waals surface area contributed by atoms with Crippen LogP contribution in [0, 0.1) is 12.8 Å². The summed E-state index contributed by atoms with van der Waals surface area (Å²) < 4.78 is 38.8. The summed E-state index contributed by atoms with van der Waals surface area (Å²) in [7, 11) is 0. The van der Waals surface area contributed by atoms with Gasteiger partial charge in [-0.15, -0.1) is 0 Å². The Hall–Kier alpha value is -2.30. The van der Waals surface area contributed by atoms with Crippen LogP contribution in [0.4, 0.5) is 18.9 Å². The minimum atomic E-state index is -4.36. The molecule has 0 unspecified atom stereocenters. The molecular formula is C20H20F3NO. The fraction of sp³-hybridized carbons (Fsp3) is 0.350. The van der Waals surface area contributed by atoms with Gasteiger partial charge < -0.3 is 5.32 Å². The molecule has 1 amide bonds. The Morgan fingerprint density at radius 2 is 1.68 bits per heavy atom. The number of nitrogens with one attached hydrogen (secondary N) is 1. The molecule has 132 valence electrons. The first-order valence-electron chi connectivity index (χ1n) is 8.44. The molecule has 1 saturated carbocycles. The van der Waals surface area contributed by atoms with Crippen molar-refractivity contribution < 1.29 is 18.0 Å². The number of aryl methyl sites for hydroxylation is 1. The van der Waals surface area contributed by atoms with E-state index in [1.807, 2.05) is 0 Å². The van der Waals surface area contributed by atoms with Crippen molar-refractivity contribution in [3.05, 3.63) is 53.6 Å². The van der Waals surface area contributed by atoms with E-state index >= 15 is 0 Å². The maximum Gasteiger partial charge on any atom is 0.416 e. The van der Waals surface area contributed by atoms with Gasteiger partial charge in [0.2, 0.25) is 5.91 Å². The summed E-state index contributed by atoms with van der Waals surface area (Å²) in [6, 6.07) is 10.7. The Balaban J connectivity index is 1.79. The molecule has 1 fully saturated rings. The van der Waals surface area contributed by atoms with Crippen LogP contribution in [0.15, 0.2) is 42.5 Å². The number of hydrogen-bond donors (Lipinski definition) is 1. The number of amides is 1. The van der Waals surface area contributed by atoms with E-state index < -0.39 is 11.7 Å². The first-order valence-corrected chi connectivity index (χ1v) is 8.44. The van der Waals surface area contributed by atoms with Gasteiger partial charge in [-0.25, -0.2) is 0 Å². The third-order valence-corrected chi connectivity index (χ3v) is 4.75. The lowest BCUT2D eigenvalue weighted by molar-refractivity contribution is -0.137. The molecule has 3 rings (SSSR count). The van der Waals surface area contributed by atoms with Crippen molar-refractivity contribution in [3.63, 3.8) is 0 Å². The molecule has 0 aliphatic heterocycles. The average molecular weight is 347 g/mol. The molecule has 0 bridgehead atoms. The summed E-state index contributed by atoms with van der Waals surface area (Å²) in [5, 5.41) is 2.89. The molecule has 1 aliphatic rings. The Morgan fingerprint density at radius 1 is 1.04 bits per heavy atom. The van der Waals surface area contributed by atoms with Gasteiger partial charge in [-0.2, -0.15) is 13.2 Å². The highest BCUT2D eigenvalue weighted by Crippen LogP contribution is 2.34. The van der Waals surface area contributed by atoms with Gasteiger partial charge in [-0.1, -0.05) is 31.0 Å². The van der Waals surface area contributed by atoms with Gasteiger partial charge in [0.1, 0.15) is 0 Å². The highest BCUT2D eigenvalue weighted by Gasteiger charge is 2.30. The normalized spacial score (nSPS) is 15.4. The van der Waals surface area contributed by atoms with Gasteiger partial charge in [-0.05, 0) is 60.7 Å². The van der Waals surface area contributed by atoms with E-state index in [-0.39, 0.29) is 11.8 Å². The maximum atomic E-state index is 12.9. The predicted molar refractivity (Wildman–Crippen MR) is 92.2 cm³/mol. The second kappa shape index (κ2) is 6.90. The Labute approximate surface area is 145 Å². The summed E-state index contributed by atoms with van der Waals surface area (Å²) in [4.78, 5) is 12.1. The Bertz CT molecular complexity index is 760. The first kappa shape index (κ1) is 17.5. The lowest BCUT2D eigenvalue weighted by atomic mass is 9.97. The summed E-state index contributed by atoms with van der Waals surface area (Å²) in [5.74, 6) is 0.103. The van der Waals surface area contributed by atoms with E-state index in [1.54, 1.807) is 31.2 Å². The molecule has 5 heteroatoms. The van der Waals surface area contributed by atoms with Crippen LogP contribution in [-0.2, 0) is 11.0 Å². The summed E-state index contributed by atoms with van der Waals surface area (Å²) in [6.07, 6.45) is -0.337. The number of rotatable bonds is 3. The van der Waals surface area contributed by atoms with Crippen LogP contribution in [0.1, 0.15) is 36.8 Å². The van der Waals surface area contributed by atoms with E-state index in [0.717, 1.165) is 37.3 Å². The molecular weight excluding hydrogens is 327 g/mol. The van der Waals surface area contributed by atoms with Crippen LogP contribution in [0.2, 0.25) is 0 Å². The van der Waals surface area contributed by atoms with Gasteiger partial charge in [0.05, 0.1) is 5.56 Å². The van der Waals surface area contributed by atoms with E-state index in [9.17, 15) is 18.0 Å². The SMILES string of the molecule is Cc1ccc(C(F)(F)F)cc1-c1ccc(NC(=O)C2CCCC2)cc1. The minimum absolute atomic E-state index is 0.0282. The third-order valence-electron chi connectivity index (χ3n) is 4.75. The minimum Gasteiger partial charge on any atom is -0.326 e. The zero-order valence-electron chi connectivity index (χ0n) is 14.0. The first-order chi connectivity index (χ1) is 11.8. The largest absolute Gasteiger partial charge is 0.416 e. The average Bonchev–Trinajstić information content (AvgIpc) is 3.10. The molecule has 2 aromatic rings. The van der Waals surface area contributed by atoms with E-state index in [4.69, 9.17) is 0 Å². The number of hydrogen-bond acceptors (Lipinski definition) is 1. The van der Waals surface area contributed by atoms with Crippen LogP contribution in [0.3, 0.4) is 0 Å². The molecule has 2 nitrogen and oxygen atoms in total. The van der Waals surface area contributed by atoms with Crippen molar-refractivity contribution in [2.24, 2.45) is 5.92 Å². The number of carbonyl (C=O) groups is 1. The van der Waals surface area contributed by atoms with Crippen molar-refractivity contribution in [2.75, 3.05) is 5.32 Å². The highest BCUT2D eigenvalue weighted by molar-refractivity contribution is 5.93.